The Morgan fingerprint density at radius 3 is 2.41 bits per heavy atom. The lowest BCUT2D eigenvalue weighted by Crippen LogP contribution is -2.59. The lowest BCUT2D eigenvalue weighted by molar-refractivity contribution is -0.256. The molecule has 8 nitrogen and oxygen atoms in total. The highest BCUT2D eigenvalue weighted by Crippen LogP contribution is 2.54. The molecule has 1 fully saturated rings. The molecular formula is C29H28N4O4. The van der Waals surface area contributed by atoms with Gasteiger partial charge in [-0.2, -0.15) is 0 Å². The Balaban J connectivity index is 1.72. The van der Waals surface area contributed by atoms with Crippen LogP contribution in [0.3, 0.4) is 0 Å². The normalized spacial score (nSPS) is 28.5. The number of methoxy groups -OCH3 is 2. The minimum Gasteiger partial charge on any atom is -0.375 e. The molecule has 8 heteroatoms. The monoisotopic (exact) mass is 496 g/mol. The first kappa shape index (κ1) is 21.6. The molecule has 188 valence electrons. The number of amides is 1. The second kappa shape index (κ2) is 7.11. The summed E-state index contributed by atoms with van der Waals surface area (Å²) in [5.74, 6) is -0.106. The molecule has 2 N–H and O–H groups in total. The van der Waals surface area contributed by atoms with Crippen molar-refractivity contribution in [3.8, 4) is 0 Å². The number of ether oxygens (including phenoxy) is 3. The Hall–Kier alpha value is -3.43. The third-order valence-electron chi connectivity index (χ3n) is 8.87. The van der Waals surface area contributed by atoms with Crippen molar-refractivity contribution in [3.05, 3.63) is 59.7 Å². The number of nitrogens with zero attached hydrogens (tertiary/aromatic N) is 2. The lowest BCUT2D eigenvalue weighted by Gasteiger charge is -2.48. The van der Waals surface area contributed by atoms with Gasteiger partial charge < -0.3 is 34.0 Å². The summed E-state index contributed by atoms with van der Waals surface area (Å²) in [6.45, 7) is 2.13. The quantitative estimate of drug-likeness (QED) is 0.385. The Bertz CT molecular complexity index is 1800. The number of rotatable bonds is 3. The molecule has 0 radical (unpaired) electrons. The number of nitrogens with one attached hydrogen (secondary N) is 2. The molecule has 2 aromatic heterocycles. The van der Waals surface area contributed by atoms with Crippen LogP contribution in [-0.4, -0.2) is 48.5 Å². The van der Waals surface area contributed by atoms with Crippen molar-refractivity contribution in [3.63, 3.8) is 0 Å². The fourth-order valence-electron chi connectivity index (χ4n) is 7.54. The summed E-state index contributed by atoms with van der Waals surface area (Å²) in [6, 6.07) is 16.7. The highest BCUT2D eigenvalue weighted by atomic mass is 16.6. The molecule has 1 saturated heterocycles. The van der Waals surface area contributed by atoms with E-state index in [1.165, 1.54) is 0 Å². The standard InChI is InChI=1S/C29H28N4O4/c1-29-26(35-3)16(30-2)13-19(37-29)32-17-11-7-5-9-14(17)20-22-23(28(36-4)31-27(22)34)21-15-10-6-8-12-18(15)33(29)25(21)24(20)32/h5-12,16,19,26,28,30H,13H2,1-4H3,(H,31,34)/t16-,19-,26-,28?,29+/m0/s1. The van der Waals surface area contributed by atoms with Crippen LogP contribution in [0.2, 0.25) is 0 Å². The summed E-state index contributed by atoms with van der Waals surface area (Å²) < 4.78 is 23.8. The molecule has 3 aliphatic heterocycles. The number of hydrogen-bond acceptors (Lipinski definition) is 5. The van der Waals surface area contributed by atoms with Crippen LogP contribution in [0.4, 0.5) is 0 Å². The maximum Gasteiger partial charge on any atom is 0.254 e. The third kappa shape index (κ3) is 2.36. The van der Waals surface area contributed by atoms with Gasteiger partial charge in [-0.1, -0.05) is 36.4 Å². The predicted molar refractivity (Wildman–Crippen MR) is 142 cm³/mol. The van der Waals surface area contributed by atoms with Gasteiger partial charge in [0, 0.05) is 53.8 Å². The Morgan fingerprint density at radius 2 is 1.70 bits per heavy atom. The molecule has 3 aromatic carbocycles. The van der Waals surface area contributed by atoms with Crippen molar-refractivity contribution in [2.24, 2.45) is 0 Å². The number of hydrogen-bond donors (Lipinski definition) is 2. The zero-order valence-electron chi connectivity index (χ0n) is 21.2. The molecule has 5 heterocycles. The number of likely N-dealkylation sites (N-methyl/N-ethyl adjacent to an activating group) is 1. The largest absolute Gasteiger partial charge is 0.375 e. The van der Waals surface area contributed by atoms with E-state index in [0.29, 0.717) is 5.56 Å². The number of benzene rings is 3. The van der Waals surface area contributed by atoms with E-state index in [9.17, 15) is 4.79 Å². The lowest BCUT2D eigenvalue weighted by atomic mass is 9.93. The van der Waals surface area contributed by atoms with Crippen molar-refractivity contribution < 1.29 is 19.0 Å². The van der Waals surface area contributed by atoms with E-state index >= 15 is 0 Å². The van der Waals surface area contributed by atoms with Crippen molar-refractivity contribution in [1.29, 1.82) is 0 Å². The van der Waals surface area contributed by atoms with Gasteiger partial charge in [0.05, 0.1) is 27.6 Å². The van der Waals surface area contributed by atoms with E-state index < -0.39 is 12.0 Å². The number of carbonyl (C=O) groups is 1. The smallest absolute Gasteiger partial charge is 0.254 e. The van der Waals surface area contributed by atoms with E-state index in [2.05, 4.69) is 63.1 Å². The molecule has 3 aliphatic rings. The van der Waals surface area contributed by atoms with Gasteiger partial charge in [0.2, 0.25) is 0 Å². The van der Waals surface area contributed by atoms with E-state index in [1.807, 2.05) is 19.2 Å². The van der Waals surface area contributed by atoms with Gasteiger partial charge in [-0.05, 0) is 26.1 Å². The highest BCUT2D eigenvalue weighted by molar-refractivity contribution is 6.31. The summed E-state index contributed by atoms with van der Waals surface area (Å²) in [4.78, 5) is 13.6. The first-order valence-electron chi connectivity index (χ1n) is 12.8. The number of aromatic nitrogens is 2. The SMILES string of the molecule is CN[C@H]1C[C@@H]2O[C@](C)([C@H]1OC)n1c3ccccc3c3c4c(c5c6ccccc6n2c5c31)C(=O)NC4OC. The van der Waals surface area contributed by atoms with Gasteiger partial charge in [-0.3, -0.25) is 4.79 Å². The van der Waals surface area contributed by atoms with Gasteiger partial charge >= 0.3 is 0 Å². The molecule has 5 atom stereocenters. The number of para-hydroxylation sites is 2. The van der Waals surface area contributed by atoms with E-state index in [1.54, 1.807) is 14.2 Å². The van der Waals surface area contributed by atoms with Crippen molar-refractivity contribution in [2.45, 2.75) is 43.7 Å². The number of carbonyl (C=O) groups excluding carboxylic acids is 1. The second-order valence-corrected chi connectivity index (χ2v) is 10.5. The first-order chi connectivity index (χ1) is 18.0. The first-order valence-corrected chi connectivity index (χ1v) is 12.8. The molecule has 1 unspecified atom stereocenters. The molecule has 0 saturated carbocycles. The zero-order chi connectivity index (χ0) is 25.2. The predicted octanol–water partition coefficient (Wildman–Crippen LogP) is 4.50. The van der Waals surface area contributed by atoms with E-state index in [4.69, 9.17) is 14.2 Å². The van der Waals surface area contributed by atoms with Crippen molar-refractivity contribution in [1.82, 2.24) is 19.8 Å². The highest BCUT2D eigenvalue weighted by Gasteiger charge is 2.53. The van der Waals surface area contributed by atoms with E-state index in [0.717, 1.165) is 55.6 Å². The van der Waals surface area contributed by atoms with Crippen LogP contribution in [-0.2, 0) is 19.9 Å². The van der Waals surface area contributed by atoms with Gasteiger partial charge in [-0.15, -0.1) is 0 Å². The maximum atomic E-state index is 13.6. The van der Waals surface area contributed by atoms with Crippen LogP contribution in [0.5, 0.6) is 0 Å². The van der Waals surface area contributed by atoms with Crippen LogP contribution >= 0.6 is 0 Å². The molecule has 0 aliphatic carbocycles. The molecule has 0 spiro atoms. The Labute approximate surface area is 213 Å². The number of fused-ring (bicyclic) bond motifs is 13. The molecule has 8 rings (SSSR count). The molecular weight excluding hydrogens is 468 g/mol. The third-order valence-corrected chi connectivity index (χ3v) is 8.87. The van der Waals surface area contributed by atoms with Crippen LogP contribution in [0.1, 0.15) is 41.7 Å². The second-order valence-electron chi connectivity index (χ2n) is 10.5. The average Bonchev–Trinajstić information content (AvgIpc) is 3.53. The molecule has 1 amide bonds. The van der Waals surface area contributed by atoms with Gasteiger partial charge in [0.1, 0.15) is 12.3 Å². The van der Waals surface area contributed by atoms with Gasteiger partial charge in [0.25, 0.3) is 5.91 Å². The van der Waals surface area contributed by atoms with Crippen molar-refractivity contribution >= 4 is 49.5 Å². The van der Waals surface area contributed by atoms with Gasteiger partial charge in [-0.25, -0.2) is 0 Å². The topological polar surface area (TPSA) is 78.7 Å². The molecule has 5 aromatic rings. The van der Waals surface area contributed by atoms with Gasteiger partial charge in [0.15, 0.2) is 12.0 Å². The van der Waals surface area contributed by atoms with Crippen LogP contribution in [0, 0.1) is 0 Å². The molecule has 2 bridgehead atoms. The average molecular weight is 497 g/mol. The zero-order valence-corrected chi connectivity index (χ0v) is 21.2. The molecule has 37 heavy (non-hydrogen) atoms. The fraction of sp³-hybridized carbons (Fsp3) is 0.345. The summed E-state index contributed by atoms with van der Waals surface area (Å²) >= 11 is 0. The maximum absolute atomic E-state index is 13.6. The minimum atomic E-state index is -0.813. The van der Waals surface area contributed by atoms with Crippen molar-refractivity contribution in [2.75, 3.05) is 21.3 Å². The summed E-state index contributed by atoms with van der Waals surface area (Å²) in [6.07, 6.45) is -0.302. The fourth-order valence-corrected chi connectivity index (χ4v) is 7.54. The van der Waals surface area contributed by atoms with Crippen LogP contribution < -0.4 is 10.6 Å². The summed E-state index contributed by atoms with van der Waals surface area (Å²) in [7, 11) is 5.39. The Morgan fingerprint density at radius 1 is 1.00 bits per heavy atom. The minimum absolute atomic E-state index is 0.0531. The Kier molecular flexibility index (Phi) is 4.16. The van der Waals surface area contributed by atoms with E-state index in [-0.39, 0.29) is 24.3 Å². The van der Waals surface area contributed by atoms with Crippen LogP contribution in [0.15, 0.2) is 48.5 Å². The summed E-state index contributed by atoms with van der Waals surface area (Å²) in [5.41, 5.74) is 4.95. The van der Waals surface area contributed by atoms with Crippen LogP contribution in [0.25, 0.3) is 43.6 Å². The summed E-state index contributed by atoms with van der Waals surface area (Å²) in [5, 5.41) is 10.7.